The molecule has 0 bridgehead atoms. The number of esters is 1. The Hall–Kier alpha value is -1.64. The van der Waals surface area contributed by atoms with Crippen LogP contribution >= 0.6 is 0 Å². The number of rotatable bonds is 7. The van der Waals surface area contributed by atoms with Crippen molar-refractivity contribution in [2.45, 2.75) is 117 Å². The first-order valence-corrected chi connectivity index (χ1v) is 15.2. The Morgan fingerprint density at radius 3 is 2.59 bits per heavy atom. The van der Waals surface area contributed by atoms with Gasteiger partial charge in [0.25, 0.3) is 0 Å². The van der Waals surface area contributed by atoms with Gasteiger partial charge in [-0.05, 0) is 124 Å². The monoisotopic (exact) mass is 508 g/mol. The number of hydrogen-bond acceptors (Lipinski definition) is 2. The number of hydrogen-bond donors (Lipinski definition) is 0. The average molecular weight is 509 g/mol. The molecule has 1 aromatic rings. The van der Waals surface area contributed by atoms with Gasteiger partial charge in [0.05, 0.1) is 5.56 Å². The molecule has 3 saturated carbocycles. The molecule has 4 aliphatic rings. The van der Waals surface area contributed by atoms with E-state index in [0.29, 0.717) is 23.3 Å². The lowest BCUT2D eigenvalue weighted by molar-refractivity contribution is -0.0541. The van der Waals surface area contributed by atoms with Crippen LogP contribution in [0.3, 0.4) is 0 Å². The fourth-order valence-electron chi connectivity index (χ4n) is 9.58. The van der Waals surface area contributed by atoms with Crippen LogP contribution in [0.4, 0.5) is 4.39 Å². The summed E-state index contributed by atoms with van der Waals surface area (Å²) in [7, 11) is 0. The van der Waals surface area contributed by atoms with E-state index in [1.54, 1.807) is 0 Å². The van der Waals surface area contributed by atoms with Crippen LogP contribution in [0.1, 0.15) is 116 Å². The molecule has 37 heavy (non-hydrogen) atoms. The Morgan fingerprint density at radius 1 is 1.08 bits per heavy atom. The van der Waals surface area contributed by atoms with E-state index in [9.17, 15) is 9.18 Å². The summed E-state index contributed by atoms with van der Waals surface area (Å²) in [5, 5.41) is 0. The number of carbonyl (C=O) groups excluding carboxylic acids is 1. The lowest BCUT2D eigenvalue weighted by Crippen LogP contribution is -2.50. The molecule has 204 valence electrons. The standard InChI is InChI=1S/C34H49FO2/c1-23(10-9-19-32(2,3)37-31(36)24-11-7-6-8-12-24)28-15-16-29-27-14-13-25-22-26(35)17-20-33(25,4)30(27)18-21-34(28,29)5/h6-8,11-13,23,26-30H,9-10,14-22H2,1-5H3/t23-,26+,27+,28-,29+,30+,33+,34-/m1/s1. The quantitative estimate of drug-likeness (QED) is 0.271. The van der Waals surface area contributed by atoms with Gasteiger partial charge < -0.3 is 4.74 Å². The SMILES string of the molecule is C[C@H](CCCC(C)(C)OC(=O)c1ccccc1)[C@H]1CC[C@H]2[C@@H]3CC=C4C[C@@H](F)CC[C@]4(C)[C@H]3CC[C@]12C. The van der Waals surface area contributed by atoms with E-state index in [1.165, 1.54) is 44.1 Å². The third-order valence-corrected chi connectivity index (χ3v) is 11.6. The van der Waals surface area contributed by atoms with Gasteiger partial charge in [-0.15, -0.1) is 0 Å². The summed E-state index contributed by atoms with van der Waals surface area (Å²) in [5.74, 6) is 3.62. The minimum atomic E-state index is -0.617. The zero-order chi connectivity index (χ0) is 26.4. The van der Waals surface area contributed by atoms with Crippen molar-refractivity contribution in [2.75, 3.05) is 0 Å². The number of carbonyl (C=O) groups is 1. The minimum absolute atomic E-state index is 0.222. The van der Waals surface area contributed by atoms with Crippen LogP contribution < -0.4 is 0 Å². The largest absolute Gasteiger partial charge is 0.456 e. The fraction of sp³-hybridized carbons (Fsp3) is 0.735. The van der Waals surface area contributed by atoms with Crippen LogP contribution in [0.2, 0.25) is 0 Å². The molecule has 0 aliphatic heterocycles. The second-order valence-electron chi connectivity index (χ2n) is 14.2. The molecule has 8 atom stereocenters. The number of alkyl halides is 1. The zero-order valence-electron chi connectivity index (χ0n) is 23.9. The van der Waals surface area contributed by atoms with Crippen molar-refractivity contribution in [2.24, 2.45) is 40.4 Å². The molecule has 3 heteroatoms. The van der Waals surface area contributed by atoms with E-state index in [4.69, 9.17) is 4.74 Å². The molecule has 0 radical (unpaired) electrons. The summed E-state index contributed by atoms with van der Waals surface area (Å²) in [6.45, 7) is 11.7. The molecule has 5 rings (SSSR count). The van der Waals surface area contributed by atoms with E-state index in [2.05, 4.69) is 40.7 Å². The zero-order valence-corrected chi connectivity index (χ0v) is 23.9. The highest BCUT2D eigenvalue weighted by Gasteiger charge is 2.59. The second kappa shape index (κ2) is 10.2. The predicted octanol–water partition coefficient (Wildman–Crippen LogP) is 9.35. The molecule has 1 aromatic carbocycles. The van der Waals surface area contributed by atoms with E-state index < -0.39 is 11.8 Å². The number of halogens is 1. The van der Waals surface area contributed by atoms with Gasteiger partial charge in [-0.1, -0.05) is 57.0 Å². The molecule has 2 nitrogen and oxygen atoms in total. The molecule has 0 spiro atoms. The highest BCUT2D eigenvalue weighted by molar-refractivity contribution is 5.89. The Balaban J connectivity index is 1.18. The fourth-order valence-corrected chi connectivity index (χ4v) is 9.58. The molecule has 0 heterocycles. The molecular weight excluding hydrogens is 459 g/mol. The maximum absolute atomic E-state index is 14.2. The smallest absolute Gasteiger partial charge is 0.338 e. The molecule has 0 N–H and O–H groups in total. The number of benzene rings is 1. The maximum Gasteiger partial charge on any atom is 0.338 e. The van der Waals surface area contributed by atoms with Crippen LogP contribution in [-0.2, 0) is 4.74 Å². The van der Waals surface area contributed by atoms with Gasteiger partial charge in [-0.3, -0.25) is 0 Å². The lowest BCUT2D eigenvalue weighted by Gasteiger charge is -2.58. The van der Waals surface area contributed by atoms with Crippen molar-refractivity contribution in [3.8, 4) is 0 Å². The third-order valence-electron chi connectivity index (χ3n) is 11.6. The van der Waals surface area contributed by atoms with Crippen LogP contribution in [0, 0.1) is 40.4 Å². The molecule has 4 aliphatic carbocycles. The highest BCUT2D eigenvalue weighted by atomic mass is 19.1. The van der Waals surface area contributed by atoms with Crippen LogP contribution in [0.5, 0.6) is 0 Å². The lowest BCUT2D eigenvalue weighted by atomic mass is 9.47. The van der Waals surface area contributed by atoms with Gasteiger partial charge in [0, 0.05) is 6.42 Å². The van der Waals surface area contributed by atoms with Gasteiger partial charge in [-0.2, -0.15) is 0 Å². The summed E-state index contributed by atoms with van der Waals surface area (Å²) < 4.78 is 20.1. The summed E-state index contributed by atoms with van der Waals surface area (Å²) in [6, 6.07) is 9.32. The normalized spacial score (nSPS) is 38.1. The first-order valence-electron chi connectivity index (χ1n) is 15.2. The summed E-state index contributed by atoms with van der Waals surface area (Å²) in [4.78, 5) is 12.6. The summed E-state index contributed by atoms with van der Waals surface area (Å²) >= 11 is 0. The third kappa shape index (κ3) is 5.06. The first-order chi connectivity index (χ1) is 17.5. The maximum atomic E-state index is 14.2. The van der Waals surface area contributed by atoms with Crippen molar-refractivity contribution >= 4 is 5.97 Å². The van der Waals surface area contributed by atoms with E-state index in [0.717, 1.165) is 49.4 Å². The van der Waals surface area contributed by atoms with Crippen molar-refractivity contribution in [1.82, 2.24) is 0 Å². The van der Waals surface area contributed by atoms with Crippen LogP contribution in [-0.4, -0.2) is 17.7 Å². The summed E-state index contributed by atoms with van der Waals surface area (Å²) in [6.07, 6.45) is 14.1. The number of fused-ring (bicyclic) bond motifs is 5. The van der Waals surface area contributed by atoms with Gasteiger partial charge in [0.2, 0.25) is 0 Å². The Morgan fingerprint density at radius 2 is 1.84 bits per heavy atom. The molecule has 0 amide bonds. The van der Waals surface area contributed by atoms with Crippen molar-refractivity contribution in [1.29, 1.82) is 0 Å². The average Bonchev–Trinajstić information content (AvgIpc) is 3.22. The minimum Gasteiger partial charge on any atom is -0.456 e. The highest BCUT2D eigenvalue weighted by Crippen LogP contribution is 2.67. The molecule has 0 aromatic heterocycles. The van der Waals surface area contributed by atoms with E-state index in [1.807, 2.05) is 30.3 Å². The van der Waals surface area contributed by atoms with Crippen LogP contribution in [0.25, 0.3) is 0 Å². The van der Waals surface area contributed by atoms with Gasteiger partial charge in [-0.25, -0.2) is 9.18 Å². The van der Waals surface area contributed by atoms with Crippen molar-refractivity contribution in [3.05, 3.63) is 47.5 Å². The molecule has 0 unspecified atom stereocenters. The van der Waals surface area contributed by atoms with E-state index >= 15 is 0 Å². The Bertz CT molecular complexity index is 998. The van der Waals surface area contributed by atoms with Crippen molar-refractivity contribution < 1.29 is 13.9 Å². The Labute approximate surface area is 224 Å². The molecule has 0 saturated heterocycles. The number of ether oxygens (including phenoxy) is 1. The van der Waals surface area contributed by atoms with Gasteiger partial charge in [0.15, 0.2) is 0 Å². The Kier molecular flexibility index (Phi) is 7.40. The van der Waals surface area contributed by atoms with Crippen molar-refractivity contribution in [3.63, 3.8) is 0 Å². The predicted molar refractivity (Wildman–Crippen MR) is 149 cm³/mol. The van der Waals surface area contributed by atoms with Gasteiger partial charge >= 0.3 is 5.97 Å². The number of allylic oxidation sites excluding steroid dienone is 2. The molecule has 3 fully saturated rings. The second-order valence-corrected chi connectivity index (χ2v) is 14.2. The molecular formula is C34H49FO2. The first kappa shape index (κ1) is 26.9. The van der Waals surface area contributed by atoms with E-state index in [-0.39, 0.29) is 11.4 Å². The topological polar surface area (TPSA) is 26.3 Å². The van der Waals surface area contributed by atoms with Gasteiger partial charge in [0.1, 0.15) is 11.8 Å². The van der Waals surface area contributed by atoms with Crippen LogP contribution in [0.15, 0.2) is 42.0 Å². The summed E-state index contributed by atoms with van der Waals surface area (Å²) in [5.41, 5.74) is 2.32.